The molecule has 23 nitrogen and oxygen atoms in total. The molecule has 0 saturated carbocycles. The highest BCUT2D eigenvalue weighted by molar-refractivity contribution is 5.87. The Bertz CT molecular complexity index is 1890. The third kappa shape index (κ3) is 17.5. The van der Waals surface area contributed by atoms with Crippen molar-refractivity contribution in [3.8, 4) is 0 Å². The van der Waals surface area contributed by atoms with Crippen molar-refractivity contribution in [2.45, 2.75) is 294 Å². The van der Waals surface area contributed by atoms with Gasteiger partial charge in [-0.3, -0.25) is 14.4 Å². The van der Waals surface area contributed by atoms with Gasteiger partial charge in [-0.1, -0.05) is 84.6 Å². The first-order chi connectivity index (χ1) is 37.0. The summed E-state index contributed by atoms with van der Waals surface area (Å²) < 4.78 is 74.5. The lowest BCUT2D eigenvalue weighted by molar-refractivity contribution is -0.399. The van der Waals surface area contributed by atoms with Crippen LogP contribution in [0.3, 0.4) is 0 Å². The van der Waals surface area contributed by atoms with Crippen LogP contribution in [0.25, 0.3) is 0 Å². The molecule has 2 bridgehead atoms. The van der Waals surface area contributed by atoms with Crippen LogP contribution >= 0.6 is 0 Å². The van der Waals surface area contributed by atoms with Gasteiger partial charge in [-0.2, -0.15) is 0 Å². The Labute approximate surface area is 458 Å². The Balaban J connectivity index is 1.60. The van der Waals surface area contributed by atoms with Crippen molar-refractivity contribution in [2.24, 2.45) is 11.8 Å². The molecule has 0 aromatic heterocycles. The van der Waals surface area contributed by atoms with Gasteiger partial charge in [0.05, 0.1) is 42.4 Å². The fourth-order valence-corrected chi connectivity index (χ4v) is 9.90. The van der Waals surface area contributed by atoms with Crippen LogP contribution < -0.4 is 0 Å². The number of esters is 4. The van der Waals surface area contributed by atoms with Crippen molar-refractivity contribution in [3.05, 3.63) is 11.6 Å². The van der Waals surface area contributed by atoms with Crippen molar-refractivity contribution in [1.82, 2.24) is 0 Å². The Hall–Kier alpha value is -2.98. The number of rotatable bonds is 15. The molecular weight excluding hydrogens is 1030 g/mol. The summed E-state index contributed by atoms with van der Waals surface area (Å²) in [5, 5.41) is 80.5. The smallest absolute Gasteiger partial charge is 0.333 e. The molecule has 0 unspecified atom stereocenters. The molecule has 5 aliphatic rings. The van der Waals surface area contributed by atoms with Crippen molar-refractivity contribution in [2.75, 3.05) is 6.61 Å². The van der Waals surface area contributed by atoms with Gasteiger partial charge in [-0.15, -0.1) is 0 Å². The standard InChI is InChI=1S/C55H92O23/c1-11-14-20-23-34-24-21-18-16-15-17-19-22-25-36(57)73-47-44(76-52-42(63)41(62)43(32(9)69-52)74-50(65)28(5)13-3)33(10)70-55(48(47)75-51(66)29(6)30(7)56)78-46-40(61)38(59)35(26-67-49(64)27(4)12-2)72-54(46)77-45-39(60)37(58)31(8)68-53(45)71-34/h13,27,29-35,37-48,52-56,58-63H,11-12,14-26H2,1-10H3/b28-13+/t27-,29-,30-,31+,32+,33-,34-,35+,37+,38+,39-,40-,41+,42+,43+,44-,45+,46+,47+,48+,52-,53-,54-,55-/m0/s1. The Kier molecular flexibility index (Phi) is 26.5. The number of hydrogen-bond donors (Lipinski definition) is 7. The third-order valence-corrected chi connectivity index (χ3v) is 15.7. The van der Waals surface area contributed by atoms with Crippen LogP contribution in [0.2, 0.25) is 0 Å². The van der Waals surface area contributed by atoms with E-state index in [1.54, 1.807) is 27.7 Å². The van der Waals surface area contributed by atoms with E-state index in [1.165, 1.54) is 40.7 Å². The second kappa shape index (κ2) is 31.5. The van der Waals surface area contributed by atoms with Crippen LogP contribution in [0.15, 0.2) is 11.6 Å². The molecule has 0 aromatic rings. The fourth-order valence-electron chi connectivity index (χ4n) is 9.90. The molecule has 5 aliphatic heterocycles. The van der Waals surface area contributed by atoms with Gasteiger partial charge in [0, 0.05) is 12.0 Å². The molecule has 5 rings (SSSR count). The SMILES string of the molecule is C/C=C(\C)C(=O)O[C@H]1[C@H](O)[C@@H](O)[C@H](O[C@@H]2[C@H]3OC(=O)CCCCCCCCC[C@H](CCCCC)O[C@@H]4O[C@H](C)[C@@H](O)[C@H](O)[C@H]4O[C@@H]4O[C@H](COC(=O)[C@@H](C)CC)[C@@H](O)[C@H](O)[C@H]4O[C@H](O[C@H]2C)[C@@H]3OC(=O)[C@@H](C)[C@H](C)O)O[C@@H]1C. The number of allylic oxidation sites excluding steroid dienone is 1. The van der Waals surface area contributed by atoms with Crippen molar-refractivity contribution in [3.63, 3.8) is 0 Å². The summed E-state index contributed by atoms with van der Waals surface area (Å²) in [5.41, 5.74) is 0.239. The maximum atomic E-state index is 14.1. The number of hydrogen-bond acceptors (Lipinski definition) is 23. The third-order valence-electron chi connectivity index (χ3n) is 15.7. The van der Waals surface area contributed by atoms with Gasteiger partial charge in [-0.05, 0) is 74.1 Å². The summed E-state index contributed by atoms with van der Waals surface area (Å²) in [4.78, 5) is 53.8. The highest BCUT2D eigenvalue weighted by atomic mass is 16.8. The minimum Gasteiger partial charge on any atom is -0.463 e. The van der Waals surface area contributed by atoms with E-state index >= 15 is 0 Å². The second-order valence-corrected chi connectivity index (χ2v) is 21.9. The van der Waals surface area contributed by atoms with Crippen molar-refractivity contribution in [1.29, 1.82) is 0 Å². The molecule has 0 aromatic carbocycles. The number of unbranched alkanes of at least 4 members (excludes halogenated alkanes) is 2. The summed E-state index contributed by atoms with van der Waals surface area (Å²) in [5.74, 6) is -4.90. The molecule has 78 heavy (non-hydrogen) atoms. The highest BCUT2D eigenvalue weighted by Crippen LogP contribution is 2.38. The first-order valence-corrected chi connectivity index (χ1v) is 28.4. The van der Waals surface area contributed by atoms with Gasteiger partial charge >= 0.3 is 23.9 Å². The summed E-state index contributed by atoms with van der Waals surface area (Å²) in [6.07, 6.45) is -22.6. The average molecular weight is 1120 g/mol. The molecule has 0 spiro atoms. The molecule has 5 heterocycles. The van der Waals surface area contributed by atoms with Crippen molar-refractivity contribution >= 4 is 23.9 Å². The van der Waals surface area contributed by atoms with Crippen LogP contribution in [-0.2, 0) is 76.0 Å². The molecule has 5 saturated heterocycles. The fraction of sp³-hybridized carbons (Fsp3) is 0.891. The monoisotopic (exact) mass is 1120 g/mol. The van der Waals surface area contributed by atoms with E-state index in [0.717, 1.165) is 51.4 Å². The average Bonchev–Trinajstić information content (AvgIpc) is 3.41. The second-order valence-electron chi connectivity index (χ2n) is 21.9. The minimum atomic E-state index is -2.01. The van der Waals surface area contributed by atoms with Crippen LogP contribution in [0.1, 0.15) is 159 Å². The zero-order valence-corrected chi connectivity index (χ0v) is 47.2. The zero-order chi connectivity index (χ0) is 57.5. The van der Waals surface area contributed by atoms with E-state index < -0.39 is 171 Å². The van der Waals surface area contributed by atoms with E-state index in [2.05, 4.69) is 6.92 Å². The molecule has 0 radical (unpaired) electrons. The molecule has 5 fully saturated rings. The Morgan fingerprint density at radius 2 is 1.24 bits per heavy atom. The van der Waals surface area contributed by atoms with Gasteiger partial charge < -0.3 is 92.6 Å². The van der Waals surface area contributed by atoms with Gasteiger partial charge in [0.15, 0.2) is 43.5 Å². The Morgan fingerprint density at radius 3 is 1.88 bits per heavy atom. The van der Waals surface area contributed by atoms with Crippen molar-refractivity contribution < 1.29 is 112 Å². The number of ether oxygens (including phenoxy) is 12. The summed E-state index contributed by atoms with van der Waals surface area (Å²) in [6.45, 7) is 15.3. The van der Waals surface area contributed by atoms with E-state index in [0.29, 0.717) is 32.1 Å². The van der Waals surface area contributed by atoms with E-state index in [-0.39, 0.29) is 18.1 Å². The summed E-state index contributed by atoms with van der Waals surface area (Å²) >= 11 is 0. The van der Waals surface area contributed by atoms with E-state index in [4.69, 9.17) is 56.8 Å². The number of aliphatic hydroxyl groups is 7. The van der Waals surface area contributed by atoms with Gasteiger partial charge in [0.1, 0.15) is 67.6 Å². The lowest BCUT2D eigenvalue weighted by Crippen LogP contribution is -2.68. The topological polar surface area (TPSA) is 321 Å². The molecule has 0 aliphatic carbocycles. The van der Waals surface area contributed by atoms with Crippen LogP contribution in [-0.4, -0.2) is 201 Å². The minimum absolute atomic E-state index is 0.0970. The number of carbonyl (C=O) groups excluding carboxylic acids is 4. The zero-order valence-electron chi connectivity index (χ0n) is 47.2. The highest BCUT2D eigenvalue weighted by Gasteiger charge is 2.58. The van der Waals surface area contributed by atoms with Gasteiger partial charge in [0.2, 0.25) is 0 Å². The van der Waals surface area contributed by atoms with Gasteiger partial charge in [-0.25, -0.2) is 4.79 Å². The molecular formula is C55H92O23. The normalized spacial score (nSPS) is 40.2. The first kappa shape index (κ1) is 65.8. The number of aliphatic hydroxyl groups excluding tert-OH is 7. The van der Waals surface area contributed by atoms with Crippen LogP contribution in [0, 0.1) is 11.8 Å². The largest absolute Gasteiger partial charge is 0.463 e. The predicted octanol–water partition coefficient (Wildman–Crippen LogP) is 3.06. The maximum Gasteiger partial charge on any atom is 0.333 e. The van der Waals surface area contributed by atoms with Gasteiger partial charge in [0.25, 0.3) is 0 Å². The summed E-state index contributed by atoms with van der Waals surface area (Å²) in [6, 6.07) is 0. The molecule has 24 atom stereocenters. The molecule has 450 valence electrons. The van der Waals surface area contributed by atoms with Crippen LogP contribution in [0.5, 0.6) is 0 Å². The molecule has 7 N–H and O–H groups in total. The lowest BCUT2D eigenvalue weighted by atomic mass is 9.95. The Morgan fingerprint density at radius 1 is 0.641 bits per heavy atom. The first-order valence-electron chi connectivity index (χ1n) is 28.4. The summed E-state index contributed by atoms with van der Waals surface area (Å²) in [7, 11) is 0. The quantitative estimate of drug-likeness (QED) is 0.0536. The predicted molar refractivity (Wildman–Crippen MR) is 273 cm³/mol. The molecule has 0 amide bonds. The lowest BCUT2D eigenvalue weighted by Gasteiger charge is -2.50. The number of carbonyl (C=O) groups is 4. The van der Waals surface area contributed by atoms with Crippen LogP contribution in [0.4, 0.5) is 0 Å². The van der Waals surface area contributed by atoms with E-state index in [1.807, 2.05) is 0 Å². The maximum absolute atomic E-state index is 14.1. The number of fused-ring (bicyclic) bond motifs is 4. The molecule has 23 heteroatoms. The van der Waals surface area contributed by atoms with E-state index in [9.17, 15) is 54.9 Å².